The van der Waals surface area contributed by atoms with Gasteiger partial charge in [-0.3, -0.25) is 0 Å². The van der Waals surface area contributed by atoms with Crippen LogP contribution in [0.5, 0.6) is 0 Å². The lowest BCUT2D eigenvalue weighted by Crippen LogP contribution is -2.28. The highest BCUT2D eigenvalue weighted by Crippen LogP contribution is 2.39. The summed E-state index contributed by atoms with van der Waals surface area (Å²) in [5, 5.41) is 2.83. The molecule has 0 saturated heterocycles. The highest BCUT2D eigenvalue weighted by molar-refractivity contribution is 7.85. The van der Waals surface area contributed by atoms with Crippen LogP contribution in [0.2, 0.25) is 0 Å². The van der Waals surface area contributed by atoms with E-state index in [4.69, 9.17) is 4.74 Å². The number of rotatable bonds is 8. The smallest absolute Gasteiger partial charge is 0.407 e. The highest BCUT2D eigenvalue weighted by atomic mass is 32.2. The number of amides is 1. The molecule has 27 heavy (non-hydrogen) atoms. The Balaban J connectivity index is 1.61. The molecule has 0 aliphatic carbocycles. The first-order chi connectivity index (χ1) is 13.2. The molecular formula is C22H27NO3S. The van der Waals surface area contributed by atoms with E-state index in [2.05, 4.69) is 12.2 Å². The number of nitrogens with one attached hydrogen (secondary N) is 1. The van der Waals surface area contributed by atoms with Crippen molar-refractivity contribution in [2.75, 3.05) is 13.2 Å². The van der Waals surface area contributed by atoms with Crippen molar-refractivity contribution >= 4 is 16.9 Å². The number of hydrogen-bond donors (Lipinski definition) is 1. The van der Waals surface area contributed by atoms with Gasteiger partial charge in [-0.1, -0.05) is 69.0 Å². The summed E-state index contributed by atoms with van der Waals surface area (Å²) < 4.78 is 18.3. The first-order valence-electron chi connectivity index (χ1n) is 9.72. The van der Waals surface area contributed by atoms with E-state index in [1.54, 1.807) is 0 Å². The number of alkyl carbamates (subject to hydrolysis) is 1. The third kappa shape index (κ3) is 4.78. The molecule has 1 heterocycles. The maximum atomic E-state index is 12.8. The molecule has 1 aliphatic heterocycles. The number of unbranched alkanes of at least 4 members (excludes halogenated alkanes) is 4. The van der Waals surface area contributed by atoms with E-state index in [1.807, 2.05) is 48.5 Å². The lowest BCUT2D eigenvalue weighted by molar-refractivity contribution is 0.142. The van der Waals surface area contributed by atoms with Gasteiger partial charge < -0.3 is 10.1 Å². The summed E-state index contributed by atoms with van der Waals surface area (Å²) in [6, 6.07) is 15.4. The molecule has 0 radical (unpaired) electrons. The number of carbonyl (C=O) groups is 1. The van der Waals surface area contributed by atoms with Gasteiger partial charge in [-0.15, -0.1) is 0 Å². The van der Waals surface area contributed by atoms with E-state index in [0.29, 0.717) is 6.54 Å². The minimum Gasteiger partial charge on any atom is -0.449 e. The third-order valence-corrected chi connectivity index (χ3v) is 6.46. The zero-order valence-electron chi connectivity index (χ0n) is 15.8. The van der Waals surface area contributed by atoms with Gasteiger partial charge in [-0.2, -0.15) is 0 Å². The average Bonchev–Trinajstić information content (AvgIpc) is 2.70. The Labute approximate surface area is 163 Å². The molecule has 2 aromatic rings. The van der Waals surface area contributed by atoms with Crippen molar-refractivity contribution < 1.29 is 13.7 Å². The number of ether oxygens (including phenoxy) is 1. The van der Waals surface area contributed by atoms with Gasteiger partial charge in [0.1, 0.15) is 6.61 Å². The molecule has 4 nitrogen and oxygen atoms in total. The van der Waals surface area contributed by atoms with Gasteiger partial charge in [-0.25, -0.2) is 9.00 Å². The van der Waals surface area contributed by atoms with Crippen molar-refractivity contribution in [3.05, 3.63) is 59.7 Å². The summed E-state index contributed by atoms with van der Waals surface area (Å²) in [5.41, 5.74) is 1.95. The minimum atomic E-state index is -1.19. The van der Waals surface area contributed by atoms with Crippen LogP contribution in [0.1, 0.15) is 56.1 Å². The van der Waals surface area contributed by atoms with Gasteiger partial charge in [0, 0.05) is 22.3 Å². The molecule has 1 N–H and O–H groups in total. The molecule has 1 aliphatic rings. The Bertz CT molecular complexity index is 756. The Hall–Kier alpha value is -2.14. The largest absolute Gasteiger partial charge is 0.449 e. The zero-order chi connectivity index (χ0) is 19.1. The molecule has 2 aromatic carbocycles. The quantitative estimate of drug-likeness (QED) is 0.651. The fourth-order valence-corrected chi connectivity index (χ4v) is 4.96. The molecule has 0 saturated carbocycles. The van der Waals surface area contributed by atoms with Gasteiger partial charge in [0.2, 0.25) is 0 Å². The Kier molecular flexibility index (Phi) is 7.04. The van der Waals surface area contributed by atoms with E-state index in [1.165, 1.54) is 19.3 Å². The van der Waals surface area contributed by atoms with Crippen molar-refractivity contribution in [1.82, 2.24) is 5.32 Å². The third-order valence-electron chi connectivity index (χ3n) is 4.92. The molecule has 0 aromatic heterocycles. The second-order valence-corrected chi connectivity index (χ2v) is 8.25. The van der Waals surface area contributed by atoms with Crippen LogP contribution in [-0.4, -0.2) is 23.5 Å². The number of carbonyl (C=O) groups excluding carboxylic acids is 1. The highest BCUT2D eigenvalue weighted by Gasteiger charge is 2.30. The van der Waals surface area contributed by atoms with Gasteiger partial charge in [-0.05, 0) is 29.7 Å². The van der Waals surface area contributed by atoms with Crippen LogP contribution in [0, 0.1) is 0 Å². The normalized spacial score (nSPS) is 17.7. The molecule has 5 heteroatoms. The molecule has 1 amide bonds. The van der Waals surface area contributed by atoms with Crippen LogP contribution in [0.4, 0.5) is 4.79 Å². The summed E-state index contributed by atoms with van der Waals surface area (Å²) in [7, 11) is -1.19. The Morgan fingerprint density at radius 2 is 1.56 bits per heavy atom. The molecule has 0 spiro atoms. The van der Waals surface area contributed by atoms with E-state index >= 15 is 0 Å². The van der Waals surface area contributed by atoms with E-state index < -0.39 is 10.8 Å². The Morgan fingerprint density at radius 1 is 0.963 bits per heavy atom. The van der Waals surface area contributed by atoms with Crippen LogP contribution < -0.4 is 5.32 Å². The first-order valence-corrected chi connectivity index (χ1v) is 10.9. The second kappa shape index (κ2) is 9.70. The fourth-order valence-electron chi connectivity index (χ4n) is 3.47. The van der Waals surface area contributed by atoms with Gasteiger partial charge in [0.05, 0.1) is 10.8 Å². The average molecular weight is 386 g/mol. The molecule has 0 unspecified atom stereocenters. The molecular weight excluding hydrogens is 358 g/mol. The van der Waals surface area contributed by atoms with Crippen molar-refractivity contribution in [2.24, 2.45) is 0 Å². The van der Waals surface area contributed by atoms with E-state index in [9.17, 15) is 9.00 Å². The predicted octanol–water partition coefficient (Wildman–Crippen LogP) is 5.00. The van der Waals surface area contributed by atoms with Crippen LogP contribution in [0.15, 0.2) is 58.3 Å². The molecule has 0 bridgehead atoms. The van der Waals surface area contributed by atoms with Crippen molar-refractivity contribution in [1.29, 1.82) is 0 Å². The maximum absolute atomic E-state index is 12.8. The lowest BCUT2D eigenvalue weighted by Gasteiger charge is -2.27. The van der Waals surface area contributed by atoms with E-state index in [0.717, 1.165) is 33.8 Å². The standard InChI is InChI=1S/C22H27NO3S/c1-2-3-4-5-10-15-23-22(24)26-16-19-17-11-6-8-13-20(17)27(25)21-14-9-7-12-18(19)21/h6-9,11-14,19H,2-5,10,15-16H2,1H3,(H,23,24). The van der Waals surface area contributed by atoms with Crippen LogP contribution in [0.3, 0.4) is 0 Å². The SMILES string of the molecule is CCCCCCCNC(=O)OCC1c2ccccc2S(=O)c2ccccc21. The molecule has 144 valence electrons. The van der Waals surface area contributed by atoms with E-state index in [-0.39, 0.29) is 18.6 Å². The second-order valence-electron chi connectivity index (χ2n) is 6.84. The fraction of sp³-hybridized carbons (Fsp3) is 0.409. The lowest BCUT2D eigenvalue weighted by atomic mass is 9.91. The van der Waals surface area contributed by atoms with Crippen molar-refractivity contribution in [3.8, 4) is 0 Å². The number of fused-ring (bicyclic) bond motifs is 2. The molecule has 0 fully saturated rings. The molecule has 3 rings (SSSR count). The van der Waals surface area contributed by atoms with Gasteiger partial charge >= 0.3 is 6.09 Å². The summed E-state index contributed by atoms with van der Waals surface area (Å²) >= 11 is 0. The monoisotopic (exact) mass is 385 g/mol. The van der Waals surface area contributed by atoms with Crippen LogP contribution >= 0.6 is 0 Å². The zero-order valence-corrected chi connectivity index (χ0v) is 16.6. The van der Waals surface area contributed by atoms with Crippen LogP contribution in [-0.2, 0) is 15.5 Å². The maximum Gasteiger partial charge on any atom is 0.407 e. The van der Waals surface area contributed by atoms with Crippen molar-refractivity contribution in [3.63, 3.8) is 0 Å². The van der Waals surface area contributed by atoms with Gasteiger partial charge in [0.25, 0.3) is 0 Å². The van der Waals surface area contributed by atoms with Gasteiger partial charge in [0.15, 0.2) is 0 Å². The first kappa shape index (κ1) is 19.6. The van der Waals surface area contributed by atoms with Crippen LogP contribution in [0.25, 0.3) is 0 Å². The summed E-state index contributed by atoms with van der Waals surface area (Å²) in [6.45, 7) is 3.07. The summed E-state index contributed by atoms with van der Waals surface area (Å²) in [4.78, 5) is 13.7. The minimum absolute atomic E-state index is 0.0922. The topological polar surface area (TPSA) is 55.4 Å². The van der Waals surface area contributed by atoms with Crippen molar-refractivity contribution in [2.45, 2.75) is 54.7 Å². The number of benzene rings is 2. The summed E-state index contributed by atoms with van der Waals surface area (Å²) in [5.74, 6) is -0.0922. The molecule has 0 atom stereocenters. The summed E-state index contributed by atoms with van der Waals surface area (Å²) in [6.07, 6.45) is 5.39. The number of hydrogen-bond acceptors (Lipinski definition) is 3. The predicted molar refractivity (Wildman–Crippen MR) is 108 cm³/mol. The Morgan fingerprint density at radius 3 is 2.19 bits per heavy atom.